The molecular weight excluding hydrogens is 330 g/mol. The van der Waals surface area contributed by atoms with Crippen molar-refractivity contribution in [2.24, 2.45) is 0 Å². The molecule has 0 spiro atoms. The van der Waals surface area contributed by atoms with Gasteiger partial charge in [0, 0.05) is 16.7 Å². The van der Waals surface area contributed by atoms with Crippen molar-refractivity contribution in [1.29, 1.82) is 0 Å². The van der Waals surface area contributed by atoms with Crippen molar-refractivity contribution < 1.29 is 0 Å². The van der Waals surface area contributed by atoms with E-state index in [1.807, 2.05) is 54.6 Å². The second-order valence-corrected chi connectivity index (χ2v) is 7.03. The second kappa shape index (κ2) is 6.76. The van der Waals surface area contributed by atoms with Gasteiger partial charge in [-0.15, -0.1) is 0 Å². The topological polar surface area (TPSA) is 50.7 Å². The minimum atomic E-state index is -0.0496. The third-order valence-electron chi connectivity index (χ3n) is 4.24. The lowest BCUT2D eigenvalue weighted by atomic mass is 10.2. The number of para-hydroxylation sites is 2. The number of thioether (sulfide) groups is 1. The fourth-order valence-electron chi connectivity index (χ4n) is 2.95. The van der Waals surface area contributed by atoms with E-state index in [9.17, 15) is 4.79 Å². The maximum atomic E-state index is 13.2. The van der Waals surface area contributed by atoms with E-state index in [0.29, 0.717) is 5.52 Å². The van der Waals surface area contributed by atoms with E-state index in [1.165, 1.54) is 0 Å². The van der Waals surface area contributed by atoms with Crippen molar-refractivity contribution in [3.05, 3.63) is 65.0 Å². The molecule has 0 aliphatic rings. The van der Waals surface area contributed by atoms with Crippen molar-refractivity contribution in [3.8, 4) is 5.69 Å². The largest absolute Gasteiger partial charge is 0.349 e. The summed E-state index contributed by atoms with van der Waals surface area (Å²) in [6.45, 7) is 2.17. The van der Waals surface area contributed by atoms with Gasteiger partial charge in [-0.3, -0.25) is 9.36 Å². The molecule has 2 aromatic heterocycles. The molecule has 0 amide bonds. The van der Waals surface area contributed by atoms with Gasteiger partial charge in [0.05, 0.1) is 5.69 Å². The molecule has 0 aliphatic carbocycles. The average Bonchev–Trinajstić information content (AvgIpc) is 3.02. The normalized spacial score (nSPS) is 11.4. The molecule has 4 rings (SSSR count). The Morgan fingerprint density at radius 3 is 2.64 bits per heavy atom. The second-order valence-electron chi connectivity index (χ2n) is 5.97. The van der Waals surface area contributed by atoms with Gasteiger partial charge < -0.3 is 4.98 Å². The Balaban J connectivity index is 2.00. The molecule has 126 valence electrons. The number of hydrogen-bond acceptors (Lipinski definition) is 3. The van der Waals surface area contributed by atoms with Crippen LogP contribution in [0.2, 0.25) is 0 Å². The fraction of sp³-hybridized carbons (Fsp3) is 0.200. The predicted octanol–water partition coefficient (Wildman–Crippen LogP) is 4.76. The maximum absolute atomic E-state index is 13.2. The van der Waals surface area contributed by atoms with E-state index in [1.54, 1.807) is 16.3 Å². The molecule has 0 saturated carbocycles. The first kappa shape index (κ1) is 16.0. The van der Waals surface area contributed by atoms with Crippen LogP contribution in [0.1, 0.15) is 19.8 Å². The Bertz CT molecular complexity index is 1080. The summed E-state index contributed by atoms with van der Waals surface area (Å²) in [6.07, 6.45) is 2.22. The van der Waals surface area contributed by atoms with Crippen LogP contribution in [0.5, 0.6) is 0 Å². The van der Waals surface area contributed by atoms with Crippen molar-refractivity contribution in [1.82, 2.24) is 14.5 Å². The van der Waals surface area contributed by atoms with E-state index in [4.69, 9.17) is 4.98 Å². The molecule has 4 nitrogen and oxygen atoms in total. The molecule has 1 N–H and O–H groups in total. The Kier molecular flexibility index (Phi) is 4.32. The van der Waals surface area contributed by atoms with Gasteiger partial charge in [0.2, 0.25) is 0 Å². The number of unbranched alkanes of at least 4 members (excludes halogenated alkanes) is 1. The molecule has 0 saturated heterocycles. The zero-order valence-corrected chi connectivity index (χ0v) is 14.8. The van der Waals surface area contributed by atoms with E-state index in [2.05, 4.69) is 11.9 Å². The lowest BCUT2D eigenvalue weighted by molar-refractivity contribution is 0.813. The molecule has 2 aromatic carbocycles. The van der Waals surface area contributed by atoms with Gasteiger partial charge in [0.1, 0.15) is 11.0 Å². The first-order valence-corrected chi connectivity index (χ1v) is 9.50. The van der Waals surface area contributed by atoms with Crippen LogP contribution >= 0.6 is 11.8 Å². The first-order chi connectivity index (χ1) is 12.3. The van der Waals surface area contributed by atoms with Crippen LogP contribution < -0.4 is 5.56 Å². The number of nitrogens with one attached hydrogen (secondary N) is 1. The molecule has 2 heterocycles. The minimum Gasteiger partial charge on any atom is -0.349 e. The number of nitrogens with zero attached hydrogens (tertiary/aromatic N) is 2. The monoisotopic (exact) mass is 349 g/mol. The van der Waals surface area contributed by atoms with Gasteiger partial charge in [-0.2, -0.15) is 0 Å². The summed E-state index contributed by atoms with van der Waals surface area (Å²) in [4.78, 5) is 21.3. The molecular formula is C20H19N3OS. The molecule has 0 atom stereocenters. The van der Waals surface area contributed by atoms with Crippen molar-refractivity contribution in [2.45, 2.75) is 24.9 Å². The van der Waals surface area contributed by atoms with Gasteiger partial charge in [0.25, 0.3) is 5.56 Å². The average molecular weight is 349 g/mol. The van der Waals surface area contributed by atoms with Gasteiger partial charge in [-0.25, -0.2) is 4.98 Å². The number of hydrogen-bond donors (Lipinski definition) is 1. The third-order valence-corrected chi connectivity index (χ3v) is 5.26. The summed E-state index contributed by atoms with van der Waals surface area (Å²) in [5, 5.41) is 1.74. The highest BCUT2D eigenvalue weighted by molar-refractivity contribution is 7.99. The number of aromatic amines is 1. The number of H-pyrrole nitrogens is 1. The standard InChI is InChI=1S/C20H19N3OS/c1-2-3-13-25-20-22-17-15-11-7-8-12-16(15)21-18(17)19(24)23(20)14-9-5-4-6-10-14/h4-12,21H,2-3,13H2,1H3. The summed E-state index contributed by atoms with van der Waals surface area (Å²) in [6, 6.07) is 17.7. The molecule has 0 bridgehead atoms. The molecule has 25 heavy (non-hydrogen) atoms. The first-order valence-electron chi connectivity index (χ1n) is 8.51. The molecule has 0 radical (unpaired) electrons. The lowest BCUT2D eigenvalue weighted by Crippen LogP contribution is -2.21. The third kappa shape index (κ3) is 2.85. The summed E-state index contributed by atoms with van der Waals surface area (Å²) in [5.41, 5.74) is 3.06. The molecule has 5 heteroatoms. The highest BCUT2D eigenvalue weighted by Gasteiger charge is 2.16. The zero-order valence-electron chi connectivity index (χ0n) is 14.0. The summed E-state index contributed by atoms with van der Waals surface area (Å²) >= 11 is 1.65. The molecule has 0 aliphatic heterocycles. The number of benzene rings is 2. The summed E-state index contributed by atoms with van der Waals surface area (Å²) < 4.78 is 1.72. The summed E-state index contributed by atoms with van der Waals surface area (Å²) in [7, 11) is 0. The highest BCUT2D eigenvalue weighted by Crippen LogP contribution is 2.26. The van der Waals surface area contributed by atoms with Gasteiger partial charge in [-0.1, -0.05) is 61.5 Å². The van der Waals surface area contributed by atoms with E-state index in [0.717, 1.165) is 45.9 Å². The number of aromatic nitrogens is 3. The van der Waals surface area contributed by atoms with E-state index < -0.39 is 0 Å². The van der Waals surface area contributed by atoms with Crippen LogP contribution in [0, 0.1) is 0 Å². The minimum absolute atomic E-state index is 0.0496. The molecule has 4 aromatic rings. The smallest absolute Gasteiger partial charge is 0.283 e. The van der Waals surface area contributed by atoms with Crippen molar-refractivity contribution >= 4 is 33.7 Å². The Hall–Kier alpha value is -2.53. The highest BCUT2D eigenvalue weighted by atomic mass is 32.2. The van der Waals surface area contributed by atoms with E-state index in [-0.39, 0.29) is 5.56 Å². The van der Waals surface area contributed by atoms with Crippen LogP contribution in [-0.4, -0.2) is 20.3 Å². The van der Waals surface area contributed by atoms with Crippen molar-refractivity contribution in [2.75, 3.05) is 5.75 Å². The van der Waals surface area contributed by atoms with Crippen LogP contribution in [0.4, 0.5) is 0 Å². The molecule has 0 unspecified atom stereocenters. The fourth-order valence-corrected chi connectivity index (χ4v) is 4.04. The Morgan fingerprint density at radius 1 is 1.08 bits per heavy atom. The van der Waals surface area contributed by atoms with Gasteiger partial charge >= 0.3 is 0 Å². The van der Waals surface area contributed by atoms with Gasteiger partial charge in [-0.05, 0) is 24.6 Å². The zero-order chi connectivity index (χ0) is 17.2. The Morgan fingerprint density at radius 2 is 1.84 bits per heavy atom. The van der Waals surface area contributed by atoms with Crippen LogP contribution in [0.25, 0.3) is 27.6 Å². The van der Waals surface area contributed by atoms with Crippen LogP contribution in [-0.2, 0) is 0 Å². The van der Waals surface area contributed by atoms with E-state index >= 15 is 0 Å². The quantitative estimate of drug-likeness (QED) is 0.321. The summed E-state index contributed by atoms with van der Waals surface area (Å²) in [5.74, 6) is 0.948. The SMILES string of the molecule is CCCCSc1nc2c([nH]c3ccccc32)c(=O)n1-c1ccccc1. The number of fused-ring (bicyclic) bond motifs is 3. The van der Waals surface area contributed by atoms with Crippen LogP contribution in [0.15, 0.2) is 64.5 Å². The number of rotatable bonds is 5. The molecule has 0 fully saturated rings. The van der Waals surface area contributed by atoms with Crippen molar-refractivity contribution in [3.63, 3.8) is 0 Å². The lowest BCUT2D eigenvalue weighted by Gasteiger charge is -2.11. The van der Waals surface area contributed by atoms with Gasteiger partial charge in [0.15, 0.2) is 5.16 Å². The van der Waals surface area contributed by atoms with Crippen LogP contribution in [0.3, 0.4) is 0 Å². The maximum Gasteiger partial charge on any atom is 0.283 e. The Labute approximate surface area is 149 Å². The predicted molar refractivity (Wildman–Crippen MR) is 105 cm³/mol.